The minimum Gasteiger partial charge on any atom is -0.455 e. The Labute approximate surface area is 335 Å². The molecule has 0 N–H and O–H groups in total. The van der Waals surface area contributed by atoms with Gasteiger partial charge >= 0.3 is 0 Å². The van der Waals surface area contributed by atoms with Crippen molar-refractivity contribution in [2.45, 2.75) is 57.3 Å². The maximum atomic E-state index is 6.70. The normalized spacial score (nSPS) is 14.9. The van der Waals surface area contributed by atoms with E-state index in [9.17, 15) is 0 Å². The van der Waals surface area contributed by atoms with E-state index in [1.165, 1.54) is 81.8 Å². The summed E-state index contributed by atoms with van der Waals surface area (Å²) in [7, 11) is 0. The van der Waals surface area contributed by atoms with E-state index in [0.29, 0.717) is 5.92 Å². The van der Waals surface area contributed by atoms with E-state index in [2.05, 4.69) is 189 Å². The van der Waals surface area contributed by atoms with Crippen molar-refractivity contribution >= 4 is 49.8 Å². The first-order chi connectivity index (χ1) is 28.1. The third kappa shape index (κ3) is 5.38. The molecule has 0 unspecified atom stereocenters. The molecule has 9 aromatic rings. The summed E-state index contributed by atoms with van der Waals surface area (Å²) in [6, 6.07) is 62.9. The molecule has 2 aliphatic carbocycles. The van der Waals surface area contributed by atoms with Crippen LogP contribution in [0.25, 0.3) is 66.1 Å². The number of fused-ring (bicyclic) bond motifs is 7. The van der Waals surface area contributed by atoms with E-state index in [4.69, 9.17) is 4.42 Å². The number of hydrogen-bond acceptors (Lipinski definition) is 2. The highest BCUT2D eigenvalue weighted by Crippen LogP contribution is 2.53. The second-order valence-corrected chi connectivity index (χ2v) is 16.6. The van der Waals surface area contributed by atoms with Crippen molar-refractivity contribution in [3.8, 4) is 33.4 Å². The lowest BCUT2D eigenvalue weighted by molar-refractivity contribution is 0.445. The van der Waals surface area contributed by atoms with Crippen LogP contribution >= 0.6 is 0 Å². The number of furan rings is 1. The van der Waals surface area contributed by atoms with E-state index < -0.39 is 0 Å². The first kappa shape index (κ1) is 33.9. The van der Waals surface area contributed by atoms with Crippen LogP contribution in [0.1, 0.15) is 68.6 Å². The Balaban J connectivity index is 1.18. The molecular weight excluding hydrogens is 691 g/mol. The van der Waals surface area contributed by atoms with Crippen molar-refractivity contribution in [3.63, 3.8) is 0 Å². The Bertz CT molecular complexity index is 2990. The smallest absolute Gasteiger partial charge is 0.143 e. The predicted molar refractivity (Wildman–Crippen MR) is 240 cm³/mol. The zero-order valence-corrected chi connectivity index (χ0v) is 32.6. The van der Waals surface area contributed by atoms with Gasteiger partial charge in [-0.3, -0.25) is 0 Å². The lowest BCUT2D eigenvalue weighted by atomic mass is 9.80. The minimum atomic E-state index is -0.142. The van der Waals surface area contributed by atoms with Gasteiger partial charge in [0.15, 0.2) is 0 Å². The van der Waals surface area contributed by atoms with Crippen LogP contribution in [0.2, 0.25) is 0 Å². The largest absolute Gasteiger partial charge is 0.455 e. The maximum Gasteiger partial charge on any atom is 0.143 e. The fraction of sp³-hybridized carbons (Fsp3) is 0.164. The molecule has 2 heteroatoms. The number of hydrogen-bond donors (Lipinski definition) is 0. The van der Waals surface area contributed by atoms with E-state index in [1.54, 1.807) is 0 Å². The molecular formula is C55H45NO. The molecule has 0 atom stereocenters. The van der Waals surface area contributed by atoms with Gasteiger partial charge in [0.25, 0.3) is 0 Å². The van der Waals surface area contributed by atoms with Crippen molar-refractivity contribution in [1.82, 2.24) is 0 Å². The molecule has 1 aromatic heterocycles. The summed E-state index contributed by atoms with van der Waals surface area (Å²) in [6.45, 7) is 4.75. The van der Waals surface area contributed by atoms with Gasteiger partial charge < -0.3 is 9.32 Å². The van der Waals surface area contributed by atoms with Crippen LogP contribution in [0.5, 0.6) is 0 Å². The Morgan fingerprint density at radius 2 is 1.09 bits per heavy atom. The lowest BCUT2D eigenvalue weighted by Gasteiger charge is -2.32. The van der Waals surface area contributed by atoms with Crippen molar-refractivity contribution < 1.29 is 4.42 Å². The molecule has 2 nitrogen and oxygen atoms in total. The lowest BCUT2D eigenvalue weighted by Crippen LogP contribution is -2.17. The predicted octanol–water partition coefficient (Wildman–Crippen LogP) is 15.9. The number of rotatable bonds is 6. The molecule has 0 aliphatic heterocycles. The summed E-state index contributed by atoms with van der Waals surface area (Å²) in [5.74, 6) is 0.581. The van der Waals surface area contributed by atoms with Gasteiger partial charge in [-0.05, 0) is 93.2 Å². The van der Waals surface area contributed by atoms with Gasteiger partial charge in [-0.1, -0.05) is 173 Å². The molecule has 0 radical (unpaired) electrons. The molecule has 8 aromatic carbocycles. The van der Waals surface area contributed by atoms with Crippen LogP contribution in [-0.2, 0) is 5.41 Å². The molecule has 0 bridgehead atoms. The van der Waals surface area contributed by atoms with E-state index in [-0.39, 0.29) is 5.41 Å². The van der Waals surface area contributed by atoms with Gasteiger partial charge in [-0.15, -0.1) is 0 Å². The zero-order valence-electron chi connectivity index (χ0n) is 32.6. The summed E-state index contributed by atoms with van der Waals surface area (Å²) in [5, 5.41) is 4.98. The van der Waals surface area contributed by atoms with Crippen molar-refractivity contribution in [2.24, 2.45) is 0 Å². The third-order valence-electron chi connectivity index (χ3n) is 13.1. The monoisotopic (exact) mass is 735 g/mol. The van der Waals surface area contributed by atoms with Crippen LogP contribution < -0.4 is 4.90 Å². The Kier molecular flexibility index (Phi) is 7.96. The molecule has 1 saturated carbocycles. The molecule has 11 rings (SSSR count). The van der Waals surface area contributed by atoms with Gasteiger partial charge in [0.05, 0.1) is 11.4 Å². The topological polar surface area (TPSA) is 16.4 Å². The average Bonchev–Trinajstić information content (AvgIpc) is 3.76. The number of benzene rings is 8. The summed E-state index contributed by atoms with van der Waals surface area (Å²) in [4.78, 5) is 2.52. The van der Waals surface area contributed by atoms with Crippen molar-refractivity contribution in [3.05, 3.63) is 187 Å². The summed E-state index contributed by atoms with van der Waals surface area (Å²) in [5.41, 5.74) is 16.7. The van der Waals surface area contributed by atoms with E-state index >= 15 is 0 Å². The summed E-state index contributed by atoms with van der Waals surface area (Å²) >= 11 is 0. The molecule has 1 fully saturated rings. The highest BCUT2D eigenvalue weighted by atomic mass is 16.3. The van der Waals surface area contributed by atoms with Crippen LogP contribution in [-0.4, -0.2) is 0 Å². The molecule has 1 heterocycles. The van der Waals surface area contributed by atoms with Crippen LogP contribution in [0.3, 0.4) is 0 Å². The second-order valence-electron chi connectivity index (χ2n) is 16.6. The van der Waals surface area contributed by atoms with Crippen molar-refractivity contribution in [2.75, 3.05) is 4.90 Å². The van der Waals surface area contributed by atoms with Gasteiger partial charge in [0.2, 0.25) is 0 Å². The number of anilines is 3. The van der Waals surface area contributed by atoms with Crippen LogP contribution in [0.4, 0.5) is 17.1 Å². The SMILES string of the molecule is CC1(C)c2ccccc2-c2ccc(N(c3ccccc3-c3cccc4c3oc3ccccc34)c3ccccc3-c3cccc4cccc(C5CCCCC5)c34)cc21. The first-order valence-electron chi connectivity index (χ1n) is 20.7. The first-order valence-corrected chi connectivity index (χ1v) is 20.7. The van der Waals surface area contributed by atoms with Gasteiger partial charge in [-0.25, -0.2) is 0 Å². The van der Waals surface area contributed by atoms with Crippen LogP contribution in [0.15, 0.2) is 174 Å². The molecule has 0 saturated heterocycles. The molecule has 0 amide bonds. The maximum absolute atomic E-state index is 6.70. The average molecular weight is 736 g/mol. The molecule has 57 heavy (non-hydrogen) atoms. The molecule has 2 aliphatic rings. The highest BCUT2D eigenvalue weighted by Gasteiger charge is 2.36. The third-order valence-corrected chi connectivity index (χ3v) is 13.1. The highest BCUT2D eigenvalue weighted by molar-refractivity contribution is 6.11. The van der Waals surface area contributed by atoms with E-state index in [1.807, 2.05) is 0 Å². The van der Waals surface area contributed by atoms with Gasteiger partial charge in [-0.2, -0.15) is 0 Å². The number of nitrogens with zero attached hydrogens (tertiary/aromatic N) is 1. The molecule has 0 spiro atoms. The van der Waals surface area contributed by atoms with Crippen LogP contribution in [0, 0.1) is 0 Å². The fourth-order valence-corrected chi connectivity index (χ4v) is 10.3. The number of para-hydroxylation sites is 4. The Morgan fingerprint density at radius 1 is 0.491 bits per heavy atom. The molecule has 276 valence electrons. The zero-order chi connectivity index (χ0) is 38.1. The van der Waals surface area contributed by atoms with E-state index in [0.717, 1.165) is 50.1 Å². The summed E-state index contributed by atoms with van der Waals surface area (Å²) < 4.78 is 6.70. The minimum absolute atomic E-state index is 0.142. The quantitative estimate of drug-likeness (QED) is 0.169. The second kappa shape index (κ2) is 13.4. The Morgan fingerprint density at radius 3 is 1.89 bits per heavy atom. The van der Waals surface area contributed by atoms with Crippen molar-refractivity contribution in [1.29, 1.82) is 0 Å². The fourth-order valence-electron chi connectivity index (χ4n) is 10.3. The summed E-state index contributed by atoms with van der Waals surface area (Å²) in [6.07, 6.45) is 6.47. The Hall–Kier alpha value is -6.38. The standard InChI is InChI=1S/C55H45NO/c1-55(2)48-29-10-6-21-40(48)41-34-33-38(35-49(41)55)56(51-31-12-8-23-43(51)46-27-16-28-47-44-24-9-13-32-52(44)57-54(46)47)50-30-11-7-22-42(50)45-26-15-20-37-19-14-25-39(53(37)45)36-17-4-3-5-18-36/h6-16,19-36H,3-5,17-18H2,1-2H3. The van der Waals surface area contributed by atoms with Gasteiger partial charge in [0.1, 0.15) is 11.2 Å². The van der Waals surface area contributed by atoms with Gasteiger partial charge in [0, 0.05) is 38.6 Å².